The van der Waals surface area contributed by atoms with Gasteiger partial charge in [0.1, 0.15) is 26.2 Å². The maximum atomic E-state index is 4.96. The van der Waals surface area contributed by atoms with Gasteiger partial charge < -0.3 is 34.0 Å². The van der Waals surface area contributed by atoms with Gasteiger partial charge in [0.05, 0.1) is 10.4 Å². The molecule has 4 aliphatic heterocycles. The van der Waals surface area contributed by atoms with E-state index in [1.165, 1.54) is 22.3 Å². The van der Waals surface area contributed by atoms with Crippen LogP contribution in [0.5, 0.6) is 0 Å². The molecule has 36 heavy (non-hydrogen) atoms. The van der Waals surface area contributed by atoms with Crippen molar-refractivity contribution < 1.29 is 43.3 Å². The molecule has 4 aromatic carbocycles. The summed E-state index contributed by atoms with van der Waals surface area (Å²) in [6.45, 7) is 2.93. The first-order chi connectivity index (χ1) is 16.8. The molecule has 6 nitrogen and oxygen atoms in total. The molecule has 0 amide bonds. The third-order valence-corrected chi connectivity index (χ3v) is 6.68. The monoisotopic (exact) mass is 602 g/mol. The molecule has 0 saturated heterocycles. The van der Waals surface area contributed by atoms with Crippen LogP contribution in [0.15, 0.2) is 97.1 Å². The molecule has 180 valence electrons. The average molecular weight is 604 g/mol. The SMILES string of the molecule is [Br-].[Br-].c1ccc2c(c1)n1n[n+]2Cc2ccc(cc2)Cn2n[n+](c3ccccc32)Cc2ccc(cc2)C1. The van der Waals surface area contributed by atoms with Crippen molar-refractivity contribution in [2.45, 2.75) is 26.2 Å². The normalized spacial score (nSPS) is 12.7. The second kappa shape index (κ2) is 9.95. The predicted molar refractivity (Wildman–Crippen MR) is 129 cm³/mol. The summed E-state index contributed by atoms with van der Waals surface area (Å²) in [6.07, 6.45) is 0. The third-order valence-electron chi connectivity index (χ3n) is 6.68. The highest BCUT2D eigenvalue weighted by Crippen LogP contribution is 2.16. The summed E-state index contributed by atoms with van der Waals surface area (Å²) in [6, 6.07) is 34.6. The van der Waals surface area contributed by atoms with E-state index in [-0.39, 0.29) is 34.0 Å². The van der Waals surface area contributed by atoms with E-state index < -0.39 is 0 Å². The van der Waals surface area contributed by atoms with E-state index in [1.807, 2.05) is 0 Å². The Kier molecular flexibility index (Phi) is 6.73. The van der Waals surface area contributed by atoms with Crippen LogP contribution in [0, 0.1) is 0 Å². The molecule has 6 heterocycles. The quantitative estimate of drug-likeness (QED) is 0.180. The molecule has 8 heteroatoms. The molecule has 0 saturated carbocycles. The molecule has 0 fully saturated rings. The highest BCUT2D eigenvalue weighted by atomic mass is 79.9. The van der Waals surface area contributed by atoms with Crippen LogP contribution in [0.25, 0.3) is 22.1 Å². The molecule has 0 unspecified atom stereocenters. The van der Waals surface area contributed by atoms with Crippen LogP contribution in [-0.4, -0.2) is 19.8 Å². The van der Waals surface area contributed by atoms with E-state index >= 15 is 0 Å². The number of hydrogen-bond donors (Lipinski definition) is 0. The summed E-state index contributed by atoms with van der Waals surface area (Å²) in [4.78, 5) is 0. The second-order valence-corrected chi connectivity index (χ2v) is 9.02. The third kappa shape index (κ3) is 4.35. The molecule has 8 bridgehead atoms. The minimum absolute atomic E-state index is 0. The highest BCUT2D eigenvalue weighted by molar-refractivity contribution is 5.71. The zero-order valence-electron chi connectivity index (χ0n) is 19.5. The van der Waals surface area contributed by atoms with E-state index in [2.05, 4.69) is 116 Å². The fraction of sp³-hybridized carbons (Fsp3) is 0.143. The lowest BCUT2D eigenvalue weighted by Gasteiger charge is -2.02. The first-order valence-electron chi connectivity index (χ1n) is 11.7. The molecule has 2 aromatic heterocycles. The molecule has 0 spiro atoms. The summed E-state index contributed by atoms with van der Waals surface area (Å²) >= 11 is 0. The van der Waals surface area contributed by atoms with Crippen LogP contribution in [0.3, 0.4) is 0 Å². The van der Waals surface area contributed by atoms with Crippen molar-refractivity contribution in [1.82, 2.24) is 19.8 Å². The number of fused-ring (bicyclic) bond motifs is 2. The van der Waals surface area contributed by atoms with Crippen molar-refractivity contribution in [1.29, 1.82) is 0 Å². The largest absolute Gasteiger partial charge is 1.00 e. The van der Waals surface area contributed by atoms with Gasteiger partial charge in [-0.15, -0.1) is 18.7 Å². The summed E-state index contributed by atoms with van der Waals surface area (Å²) < 4.78 is 8.41. The number of rotatable bonds is 0. The maximum absolute atomic E-state index is 4.96. The molecule has 10 rings (SSSR count). The molecular formula is C28H24Br2N6. The highest BCUT2D eigenvalue weighted by Gasteiger charge is 2.21. The van der Waals surface area contributed by atoms with E-state index in [9.17, 15) is 0 Å². The molecule has 0 radical (unpaired) electrons. The Morgan fingerprint density at radius 2 is 0.833 bits per heavy atom. The van der Waals surface area contributed by atoms with Gasteiger partial charge in [-0.1, -0.05) is 72.8 Å². The van der Waals surface area contributed by atoms with Gasteiger partial charge in [0.2, 0.25) is 0 Å². The van der Waals surface area contributed by atoms with Gasteiger partial charge in [-0.2, -0.15) is 0 Å². The van der Waals surface area contributed by atoms with Gasteiger partial charge in [-0.3, -0.25) is 0 Å². The van der Waals surface area contributed by atoms with Crippen LogP contribution >= 0.6 is 0 Å². The fourth-order valence-corrected chi connectivity index (χ4v) is 4.91. The van der Waals surface area contributed by atoms with Crippen molar-refractivity contribution >= 4 is 22.1 Å². The van der Waals surface area contributed by atoms with E-state index in [4.69, 9.17) is 10.4 Å². The second-order valence-electron chi connectivity index (χ2n) is 9.02. The Morgan fingerprint density at radius 3 is 1.25 bits per heavy atom. The first-order valence-corrected chi connectivity index (χ1v) is 11.7. The zero-order valence-corrected chi connectivity index (χ0v) is 22.7. The molecular weight excluding hydrogens is 580 g/mol. The van der Waals surface area contributed by atoms with Crippen molar-refractivity contribution in [2.75, 3.05) is 0 Å². The van der Waals surface area contributed by atoms with Gasteiger partial charge in [-0.25, -0.2) is 0 Å². The molecule has 0 N–H and O–H groups in total. The fourth-order valence-electron chi connectivity index (χ4n) is 4.91. The molecule has 0 aliphatic carbocycles. The van der Waals surface area contributed by atoms with Gasteiger partial charge in [0, 0.05) is 0 Å². The molecule has 4 aliphatic rings. The average Bonchev–Trinajstić information content (AvgIpc) is 3.39. The minimum Gasteiger partial charge on any atom is -1.00 e. The lowest BCUT2D eigenvalue weighted by molar-refractivity contribution is -0.725. The van der Waals surface area contributed by atoms with Crippen LogP contribution in [0.2, 0.25) is 0 Å². The van der Waals surface area contributed by atoms with Crippen molar-refractivity contribution in [3.8, 4) is 0 Å². The zero-order chi connectivity index (χ0) is 22.5. The number of hydrogen-bond acceptors (Lipinski definition) is 2. The van der Waals surface area contributed by atoms with E-state index in [0.29, 0.717) is 0 Å². The number of aromatic nitrogens is 6. The summed E-state index contributed by atoms with van der Waals surface area (Å²) in [5, 5.41) is 9.91. The number of benzene rings is 4. The van der Waals surface area contributed by atoms with Gasteiger partial charge in [-0.05, 0) is 46.5 Å². The number of nitrogens with zero attached hydrogens (tertiary/aromatic N) is 6. The van der Waals surface area contributed by atoms with Crippen LogP contribution in [0.1, 0.15) is 22.3 Å². The number of para-hydroxylation sites is 4. The first kappa shape index (κ1) is 24.3. The predicted octanol–water partition coefficient (Wildman–Crippen LogP) is -2.52. The van der Waals surface area contributed by atoms with Gasteiger partial charge in [0.25, 0.3) is 0 Å². The van der Waals surface area contributed by atoms with E-state index in [1.54, 1.807) is 0 Å². The van der Waals surface area contributed by atoms with E-state index in [0.717, 1.165) is 48.2 Å². The Labute approximate surface area is 229 Å². The maximum Gasteiger partial charge on any atom is 0.198 e. The van der Waals surface area contributed by atoms with Gasteiger partial charge in [0.15, 0.2) is 22.1 Å². The Bertz CT molecular complexity index is 1410. The Morgan fingerprint density at radius 1 is 0.472 bits per heavy atom. The van der Waals surface area contributed by atoms with Crippen molar-refractivity contribution in [3.63, 3.8) is 0 Å². The molecule has 6 aromatic rings. The van der Waals surface area contributed by atoms with Gasteiger partial charge >= 0.3 is 0 Å². The summed E-state index contributed by atoms with van der Waals surface area (Å²) in [7, 11) is 0. The molecule has 0 atom stereocenters. The standard InChI is InChI=1S/C28H24N6.2BrH/c1-2-6-26-25(5-1)31-17-21-9-11-23(12-10-21)19-33-27-7-3-4-8-28(27)34(30-33)20-24-15-13-22(14-16-24)18-32(26)29-31;;/h1-16H,17-20H2;2*1H/q+2;;/p-2. The topological polar surface area (TPSA) is 43.4 Å². The summed E-state index contributed by atoms with van der Waals surface area (Å²) in [5.74, 6) is 0. The van der Waals surface area contributed by atoms with Crippen LogP contribution in [0.4, 0.5) is 0 Å². The lowest BCUT2D eigenvalue weighted by atomic mass is 10.1. The summed E-state index contributed by atoms with van der Waals surface area (Å²) in [5.41, 5.74) is 9.51. The lowest BCUT2D eigenvalue weighted by Crippen LogP contribution is -3.00. The Balaban J connectivity index is 0.00000133. The van der Waals surface area contributed by atoms with Crippen molar-refractivity contribution in [2.24, 2.45) is 0 Å². The van der Waals surface area contributed by atoms with Crippen LogP contribution in [-0.2, 0) is 26.2 Å². The smallest absolute Gasteiger partial charge is 0.198 e. The minimum atomic E-state index is 0. The van der Waals surface area contributed by atoms with Crippen molar-refractivity contribution in [3.05, 3.63) is 119 Å². The Hall–Kier alpha value is -3.36. The van der Waals surface area contributed by atoms with Crippen LogP contribution < -0.4 is 43.3 Å². The number of halogens is 2.